The Morgan fingerprint density at radius 1 is 1.25 bits per heavy atom. The summed E-state index contributed by atoms with van der Waals surface area (Å²) >= 11 is 0. The topological polar surface area (TPSA) is 58.6 Å². The summed E-state index contributed by atoms with van der Waals surface area (Å²) in [6, 6.07) is -1.00. The summed E-state index contributed by atoms with van der Waals surface area (Å²) in [5, 5.41) is 1.88. The van der Waals surface area contributed by atoms with E-state index in [0.717, 1.165) is 0 Å². The first-order chi connectivity index (χ1) is 8.90. The molecule has 116 valence electrons. The first-order valence-electron chi connectivity index (χ1n) is 6.27. The van der Waals surface area contributed by atoms with Crippen molar-refractivity contribution in [3.05, 3.63) is 0 Å². The third-order valence-corrected chi connectivity index (χ3v) is 2.80. The van der Waals surface area contributed by atoms with Crippen molar-refractivity contribution in [3.63, 3.8) is 0 Å². The Kier molecular flexibility index (Phi) is 4.55. The van der Waals surface area contributed by atoms with E-state index in [2.05, 4.69) is 0 Å². The third-order valence-electron chi connectivity index (χ3n) is 2.80. The Morgan fingerprint density at radius 3 is 2.25 bits per heavy atom. The minimum Gasteiger partial charge on any atom is -0.444 e. The first-order valence-corrected chi connectivity index (χ1v) is 6.27. The van der Waals surface area contributed by atoms with E-state index in [1.165, 1.54) is 4.90 Å². The molecule has 1 fully saturated rings. The molecule has 1 heterocycles. The number of rotatable bonds is 1. The summed E-state index contributed by atoms with van der Waals surface area (Å²) in [6.45, 7) is 6.82. The van der Waals surface area contributed by atoms with Gasteiger partial charge < -0.3 is 15.0 Å². The Morgan fingerprint density at radius 2 is 1.80 bits per heavy atom. The molecular formula is C12H19F3N2O3. The quantitative estimate of drug-likeness (QED) is 0.806. The zero-order chi connectivity index (χ0) is 15.7. The summed E-state index contributed by atoms with van der Waals surface area (Å²) in [6.07, 6.45) is -5.24. The summed E-state index contributed by atoms with van der Waals surface area (Å²) in [4.78, 5) is 24.1. The van der Waals surface area contributed by atoms with Crippen LogP contribution in [-0.4, -0.2) is 47.3 Å². The summed E-state index contributed by atoms with van der Waals surface area (Å²) in [5.41, 5.74) is -0.676. The maximum atomic E-state index is 12.2. The van der Waals surface area contributed by atoms with Gasteiger partial charge in [-0.25, -0.2) is 4.79 Å². The van der Waals surface area contributed by atoms with E-state index in [1.54, 1.807) is 27.7 Å². The molecule has 0 aromatic heterocycles. The van der Waals surface area contributed by atoms with E-state index < -0.39 is 29.8 Å². The van der Waals surface area contributed by atoms with E-state index >= 15 is 0 Å². The zero-order valence-electron chi connectivity index (χ0n) is 11.9. The van der Waals surface area contributed by atoms with Crippen molar-refractivity contribution in [2.75, 3.05) is 6.54 Å². The van der Waals surface area contributed by atoms with Crippen LogP contribution in [0.25, 0.3) is 0 Å². The Hall–Kier alpha value is -1.47. The maximum Gasteiger partial charge on any atom is 0.471 e. The van der Waals surface area contributed by atoms with Gasteiger partial charge in [-0.05, 0) is 34.1 Å². The van der Waals surface area contributed by atoms with Crippen molar-refractivity contribution in [2.45, 2.75) is 58.0 Å². The molecule has 0 bridgehead atoms. The molecule has 0 aromatic carbocycles. The summed E-state index contributed by atoms with van der Waals surface area (Å²) < 4.78 is 41.6. The number of halogens is 3. The van der Waals surface area contributed by atoms with Gasteiger partial charge in [0.15, 0.2) is 0 Å². The van der Waals surface area contributed by atoms with Crippen LogP contribution in [0.1, 0.15) is 34.1 Å². The number of nitrogens with zero attached hydrogens (tertiary/aromatic N) is 1. The van der Waals surface area contributed by atoms with Crippen molar-refractivity contribution >= 4 is 12.0 Å². The lowest BCUT2D eigenvalue weighted by atomic mass is 10.2. The number of carbonyl (C=O) groups is 2. The van der Waals surface area contributed by atoms with Gasteiger partial charge in [0.2, 0.25) is 0 Å². The second kappa shape index (κ2) is 5.49. The van der Waals surface area contributed by atoms with Crippen LogP contribution in [0.3, 0.4) is 0 Å². The molecule has 5 nitrogen and oxygen atoms in total. The Balaban J connectivity index is 2.59. The lowest BCUT2D eigenvalue weighted by Gasteiger charge is -2.26. The van der Waals surface area contributed by atoms with E-state index in [4.69, 9.17) is 4.74 Å². The van der Waals surface area contributed by atoms with Crippen LogP contribution >= 0.6 is 0 Å². The maximum absolute atomic E-state index is 12.2. The van der Waals surface area contributed by atoms with Crippen molar-refractivity contribution < 1.29 is 27.5 Å². The molecule has 0 radical (unpaired) electrons. The largest absolute Gasteiger partial charge is 0.471 e. The Bertz CT molecular complexity index is 390. The van der Waals surface area contributed by atoms with Crippen LogP contribution in [0, 0.1) is 0 Å². The lowest BCUT2D eigenvalue weighted by Crippen LogP contribution is -2.45. The highest BCUT2D eigenvalue weighted by Gasteiger charge is 2.42. The van der Waals surface area contributed by atoms with Gasteiger partial charge >= 0.3 is 18.2 Å². The van der Waals surface area contributed by atoms with Gasteiger partial charge in [-0.1, -0.05) is 0 Å². The van der Waals surface area contributed by atoms with Crippen LogP contribution < -0.4 is 5.32 Å². The Labute approximate surface area is 115 Å². The monoisotopic (exact) mass is 296 g/mol. The van der Waals surface area contributed by atoms with E-state index in [1.807, 2.05) is 5.32 Å². The summed E-state index contributed by atoms with van der Waals surface area (Å²) in [5.74, 6) is -1.99. The third kappa shape index (κ3) is 4.57. The average Bonchev–Trinajstić information content (AvgIpc) is 2.55. The molecule has 1 saturated heterocycles. The van der Waals surface area contributed by atoms with Gasteiger partial charge in [-0.15, -0.1) is 0 Å². The number of carbonyl (C=O) groups excluding carboxylic acids is 2. The van der Waals surface area contributed by atoms with Gasteiger partial charge in [-0.2, -0.15) is 13.2 Å². The molecule has 1 aliphatic heterocycles. The molecule has 1 rings (SSSR count). The van der Waals surface area contributed by atoms with Crippen molar-refractivity contribution in [1.82, 2.24) is 10.2 Å². The standard InChI is InChI=1S/C12H19F3N2O3/c1-7-5-8(16-9(18)12(13,14)15)6-17(7)10(19)20-11(2,3)4/h7-8H,5-6H2,1-4H3,(H,16,18)/t7-,8+/m0/s1. The molecule has 1 N–H and O–H groups in total. The highest BCUT2D eigenvalue weighted by Crippen LogP contribution is 2.22. The van der Waals surface area contributed by atoms with Crippen molar-refractivity contribution in [2.24, 2.45) is 0 Å². The summed E-state index contributed by atoms with van der Waals surface area (Å²) in [7, 11) is 0. The fourth-order valence-electron chi connectivity index (χ4n) is 1.98. The first kappa shape index (κ1) is 16.6. The molecule has 0 aromatic rings. The fraction of sp³-hybridized carbons (Fsp3) is 0.833. The van der Waals surface area contributed by atoms with Crippen LogP contribution in [-0.2, 0) is 9.53 Å². The van der Waals surface area contributed by atoms with Gasteiger partial charge in [-0.3, -0.25) is 4.79 Å². The molecule has 0 unspecified atom stereocenters. The zero-order valence-corrected chi connectivity index (χ0v) is 11.9. The predicted octanol–water partition coefficient (Wildman–Crippen LogP) is 2.06. The number of nitrogens with one attached hydrogen (secondary N) is 1. The van der Waals surface area contributed by atoms with Crippen LogP contribution in [0.2, 0.25) is 0 Å². The number of amides is 2. The van der Waals surface area contributed by atoms with Crippen LogP contribution in [0.5, 0.6) is 0 Å². The van der Waals surface area contributed by atoms with Gasteiger partial charge in [0.25, 0.3) is 0 Å². The molecule has 0 saturated carbocycles. The molecule has 8 heteroatoms. The minimum absolute atomic E-state index is 0.0118. The van der Waals surface area contributed by atoms with Crippen LogP contribution in [0.4, 0.5) is 18.0 Å². The molecule has 2 amide bonds. The molecular weight excluding hydrogens is 277 g/mol. The van der Waals surface area contributed by atoms with E-state index in [0.29, 0.717) is 0 Å². The number of hydrogen-bond acceptors (Lipinski definition) is 3. The van der Waals surface area contributed by atoms with E-state index in [9.17, 15) is 22.8 Å². The second-order valence-corrected chi connectivity index (χ2v) is 5.89. The van der Waals surface area contributed by atoms with Gasteiger partial charge in [0.05, 0.1) is 0 Å². The van der Waals surface area contributed by atoms with Crippen molar-refractivity contribution in [1.29, 1.82) is 0 Å². The normalized spacial score (nSPS) is 23.6. The lowest BCUT2D eigenvalue weighted by molar-refractivity contribution is -0.174. The molecule has 2 atom stereocenters. The van der Waals surface area contributed by atoms with Crippen LogP contribution in [0.15, 0.2) is 0 Å². The molecule has 20 heavy (non-hydrogen) atoms. The molecule has 1 aliphatic rings. The SMILES string of the molecule is C[C@H]1C[C@@H](NC(=O)C(F)(F)F)CN1C(=O)OC(C)(C)C. The minimum atomic E-state index is -4.91. The smallest absolute Gasteiger partial charge is 0.444 e. The highest BCUT2D eigenvalue weighted by molar-refractivity contribution is 5.82. The van der Waals surface area contributed by atoms with Crippen molar-refractivity contribution in [3.8, 4) is 0 Å². The number of alkyl halides is 3. The van der Waals surface area contributed by atoms with Gasteiger partial charge in [0.1, 0.15) is 5.60 Å². The molecule has 0 spiro atoms. The second-order valence-electron chi connectivity index (χ2n) is 5.89. The van der Waals surface area contributed by atoms with E-state index in [-0.39, 0.29) is 19.0 Å². The highest BCUT2D eigenvalue weighted by atomic mass is 19.4. The number of ether oxygens (including phenoxy) is 1. The predicted molar refractivity (Wildman–Crippen MR) is 65.0 cm³/mol. The molecule has 0 aliphatic carbocycles. The average molecular weight is 296 g/mol. The fourth-order valence-corrected chi connectivity index (χ4v) is 1.98. The number of likely N-dealkylation sites (tertiary alicyclic amines) is 1. The number of hydrogen-bond donors (Lipinski definition) is 1. The van der Waals surface area contributed by atoms with Gasteiger partial charge in [0, 0.05) is 18.6 Å².